The highest BCUT2D eigenvalue weighted by molar-refractivity contribution is 5.97. The Morgan fingerprint density at radius 3 is 2.50 bits per heavy atom. The summed E-state index contributed by atoms with van der Waals surface area (Å²) in [7, 11) is 0. The summed E-state index contributed by atoms with van der Waals surface area (Å²) in [5.41, 5.74) is 7.71. The number of para-hydroxylation sites is 2. The summed E-state index contributed by atoms with van der Waals surface area (Å²) in [6, 6.07) is 7.50. The van der Waals surface area contributed by atoms with E-state index in [0.29, 0.717) is 6.42 Å². The van der Waals surface area contributed by atoms with Gasteiger partial charge in [-0.15, -0.1) is 24.8 Å². The van der Waals surface area contributed by atoms with E-state index in [1.54, 1.807) is 0 Å². The lowest BCUT2D eigenvalue weighted by Gasteiger charge is -2.22. The largest absolute Gasteiger partial charge is 0.370 e. The van der Waals surface area contributed by atoms with E-state index in [2.05, 4.69) is 16.3 Å². The van der Waals surface area contributed by atoms with Gasteiger partial charge in [0.05, 0.1) is 17.4 Å². The molecule has 4 nitrogen and oxygen atoms in total. The van der Waals surface area contributed by atoms with Gasteiger partial charge >= 0.3 is 0 Å². The first-order chi connectivity index (χ1) is 8.72. The molecule has 1 atom stereocenters. The zero-order valence-electron chi connectivity index (χ0n) is 11.7. The van der Waals surface area contributed by atoms with E-state index in [1.165, 1.54) is 12.8 Å². The minimum atomic E-state index is -0.434. The van der Waals surface area contributed by atoms with Crippen LogP contribution >= 0.6 is 24.8 Å². The molecule has 0 spiro atoms. The molecule has 3 N–H and O–H groups in total. The van der Waals surface area contributed by atoms with Gasteiger partial charge < -0.3 is 16.0 Å². The summed E-state index contributed by atoms with van der Waals surface area (Å²) >= 11 is 0. The molecule has 114 valence electrons. The van der Waals surface area contributed by atoms with Gasteiger partial charge in [0.15, 0.2) is 0 Å². The third-order valence-electron chi connectivity index (χ3n) is 3.39. The first kappa shape index (κ1) is 19.0. The van der Waals surface area contributed by atoms with Crippen LogP contribution in [-0.2, 0) is 4.79 Å². The van der Waals surface area contributed by atoms with Gasteiger partial charge in [-0.3, -0.25) is 4.79 Å². The van der Waals surface area contributed by atoms with Crippen molar-refractivity contribution >= 4 is 42.1 Å². The van der Waals surface area contributed by atoms with Crippen molar-refractivity contribution in [1.82, 2.24) is 0 Å². The molecule has 1 saturated heterocycles. The predicted octanol–water partition coefficient (Wildman–Crippen LogP) is 2.81. The molecule has 1 aliphatic rings. The van der Waals surface area contributed by atoms with Crippen molar-refractivity contribution in [3.63, 3.8) is 0 Å². The first-order valence-corrected chi connectivity index (χ1v) is 6.62. The second kappa shape index (κ2) is 9.06. The highest BCUT2D eigenvalue weighted by Crippen LogP contribution is 2.28. The Bertz CT molecular complexity index is 423. The van der Waals surface area contributed by atoms with Gasteiger partial charge in [0, 0.05) is 13.1 Å². The Balaban J connectivity index is 0.00000180. The quantitative estimate of drug-likeness (QED) is 0.897. The molecule has 1 fully saturated rings. The van der Waals surface area contributed by atoms with Crippen LogP contribution in [0.15, 0.2) is 24.3 Å². The van der Waals surface area contributed by atoms with Crippen LogP contribution in [0.1, 0.15) is 26.2 Å². The fourth-order valence-corrected chi connectivity index (χ4v) is 2.22. The van der Waals surface area contributed by atoms with Crippen molar-refractivity contribution in [3.05, 3.63) is 24.3 Å². The molecule has 0 bridgehead atoms. The summed E-state index contributed by atoms with van der Waals surface area (Å²) in [6.45, 7) is 4.04. The molecule has 0 aliphatic carbocycles. The zero-order valence-corrected chi connectivity index (χ0v) is 13.3. The van der Waals surface area contributed by atoms with Crippen LogP contribution in [0.2, 0.25) is 0 Å². The van der Waals surface area contributed by atoms with Gasteiger partial charge in [-0.25, -0.2) is 0 Å². The molecule has 6 heteroatoms. The Morgan fingerprint density at radius 2 is 1.90 bits per heavy atom. The van der Waals surface area contributed by atoms with E-state index in [-0.39, 0.29) is 30.7 Å². The predicted molar refractivity (Wildman–Crippen MR) is 89.3 cm³/mol. The minimum Gasteiger partial charge on any atom is -0.370 e. The van der Waals surface area contributed by atoms with Crippen LogP contribution in [0, 0.1) is 0 Å². The maximum atomic E-state index is 11.9. The maximum absolute atomic E-state index is 11.9. The maximum Gasteiger partial charge on any atom is 0.241 e. The molecule has 1 aliphatic heterocycles. The number of carbonyl (C=O) groups is 1. The molecule has 0 unspecified atom stereocenters. The number of carbonyl (C=O) groups excluding carboxylic acids is 1. The molecule has 2 rings (SSSR count). The average molecular weight is 320 g/mol. The molecule has 1 aromatic carbocycles. The summed E-state index contributed by atoms with van der Waals surface area (Å²) in [6.07, 6.45) is 3.09. The summed E-state index contributed by atoms with van der Waals surface area (Å²) in [5, 5.41) is 2.93. The molecule has 0 aromatic heterocycles. The Kier molecular flexibility index (Phi) is 8.62. The van der Waals surface area contributed by atoms with Crippen molar-refractivity contribution < 1.29 is 4.79 Å². The van der Waals surface area contributed by atoms with Crippen molar-refractivity contribution in [3.8, 4) is 0 Å². The molecule has 1 aromatic rings. The Hall–Kier alpha value is -0.970. The van der Waals surface area contributed by atoms with Gasteiger partial charge in [0.2, 0.25) is 5.91 Å². The summed E-state index contributed by atoms with van der Waals surface area (Å²) in [5.74, 6) is -0.107. The minimum absolute atomic E-state index is 0. The van der Waals surface area contributed by atoms with Crippen LogP contribution in [-0.4, -0.2) is 25.0 Å². The number of rotatable bonds is 4. The normalized spacial score (nSPS) is 15.0. The second-order valence-electron chi connectivity index (χ2n) is 4.72. The number of amides is 1. The SMILES string of the molecule is CC[C@H](N)C(=O)Nc1ccccc1N1CCCC1.Cl.Cl. The fraction of sp³-hybridized carbons (Fsp3) is 0.500. The number of halogens is 2. The van der Waals surface area contributed by atoms with Gasteiger partial charge in [-0.05, 0) is 31.4 Å². The van der Waals surface area contributed by atoms with Gasteiger partial charge in [-0.1, -0.05) is 19.1 Å². The molecular weight excluding hydrogens is 297 g/mol. The molecule has 1 heterocycles. The van der Waals surface area contributed by atoms with Crippen molar-refractivity contribution in [2.24, 2.45) is 5.73 Å². The third-order valence-corrected chi connectivity index (χ3v) is 3.39. The summed E-state index contributed by atoms with van der Waals surface area (Å²) < 4.78 is 0. The lowest BCUT2D eigenvalue weighted by Crippen LogP contribution is -2.35. The number of nitrogens with one attached hydrogen (secondary N) is 1. The fourth-order valence-electron chi connectivity index (χ4n) is 2.22. The highest BCUT2D eigenvalue weighted by atomic mass is 35.5. The highest BCUT2D eigenvalue weighted by Gasteiger charge is 2.18. The van der Waals surface area contributed by atoms with Crippen LogP contribution in [0.5, 0.6) is 0 Å². The lowest BCUT2D eigenvalue weighted by molar-refractivity contribution is -0.117. The average Bonchev–Trinajstić information content (AvgIpc) is 2.92. The molecule has 0 radical (unpaired) electrons. The number of nitrogens with two attached hydrogens (primary N) is 1. The van der Waals surface area contributed by atoms with Crippen molar-refractivity contribution in [2.75, 3.05) is 23.3 Å². The van der Waals surface area contributed by atoms with E-state index in [4.69, 9.17) is 5.73 Å². The number of benzene rings is 1. The van der Waals surface area contributed by atoms with E-state index < -0.39 is 6.04 Å². The standard InChI is InChI=1S/C14H21N3O.2ClH/c1-2-11(15)14(18)16-12-7-3-4-8-13(12)17-9-5-6-10-17;;/h3-4,7-8,11H,2,5-6,9-10,15H2,1H3,(H,16,18);2*1H/t11-;;/m0../s1. The zero-order chi connectivity index (χ0) is 13.0. The monoisotopic (exact) mass is 319 g/mol. The number of nitrogens with zero attached hydrogens (tertiary/aromatic N) is 1. The van der Waals surface area contributed by atoms with E-state index >= 15 is 0 Å². The molecule has 0 saturated carbocycles. The van der Waals surface area contributed by atoms with Gasteiger partial charge in [0.25, 0.3) is 0 Å². The topological polar surface area (TPSA) is 58.4 Å². The molecular formula is C14H23Cl2N3O. The number of anilines is 2. The van der Waals surface area contributed by atoms with Crippen molar-refractivity contribution in [2.45, 2.75) is 32.2 Å². The Labute approximate surface area is 132 Å². The third kappa shape index (κ3) is 4.54. The number of hydrogen-bond donors (Lipinski definition) is 2. The summed E-state index contributed by atoms with van der Waals surface area (Å²) in [4.78, 5) is 14.2. The van der Waals surface area contributed by atoms with Crippen LogP contribution in [0.4, 0.5) is 11.4 Å². The van der Waals surface area contributed by atoms with Gasteiger partial charge in [0.1, 0.15) is 0 Å². The van der Waals surface area contributed by atoms with Crippen LogP contribution in [0.3, 0.4) is 0 Å². The van der Waals surface area contributed by atoms with Crippen LogP contribution in [0.25, 0.3) is 0 Å². The first-order valence-electron chi connectivity index (χ1n) is 6.62. The van der Waals surface area contributed by atoms with Crippen LogP contribution < -0.4 is 16.0 Å². The van der Waals surface area contributed by atoms with Gasteiger partial charge in [-0.2, -0.15) is 0 Å². The van der Waals surface area contributed by atoms with Crippen molar-refractivity contribution in [1.29, 1.82) is 0 Å². The molecule has 20 heavy (non-hydrogen) atoms. The molecule has 1 amide bonds. The second-order valence-corrected chi connectivity index (χ2v) is 4.72. The van der Waals surface area contributed by atoms with E-state index in [1.807, 2.05) is 25.1 Å². The number of hydrogen-bond acceptors (Lipinski definition) is 3. The Morgan fingerprint density at radius 1 is 1.30 bits per heavy atom. The smallest absolute Gasteiger partial charge is 0.241 e. The lowest BCUT2D eigenvalue weighted by atomic mass is 10.2. The van der Waals surface area contributed by atoms with E-state index in [9.17, 15) is 4.79 Å². The van der Waals surface area contributed by atoms with E-state index in [0.717, 1.165) is 24.5 Å².